The van der Waals surface area contributed by atoms with Crippen LogP contribution in [0.15, 0.2) is 60.8 Å². The van der Waals surface area contributed by atoms with Gasteiger partial charge in [-0.1, -0.05) is 42.5 Å². The van der Waals surface area contributed by atoms with Crippen LogP contribution in [0, 0.1) is 0 Å². The standard InChI is InChI=1S/C15H14N2O2/c18-14-9-5-4-8-13(14)15(19)17-16-11-10-12-6-2-1-3-7-12/h1-11,16,18H,(H,17,19). The van der Waals surface area contributed by atoms with Crippen LogP contribution in [-0.4, -0.2) is 11.0 Å². The van der Waals surface area contributed by atoms with Gasteiger partial charge in [0.1, 0.15) is 5.75 Å². The van der Waals surface area contributed by atoms with Gasteiger partial charge in [0.15, 0.2) is 0 Å². The predicted molar refractivity (Wildman–Crippen MR) is 74.2 cm³/mol. The van der Waals surface area contributed by atoms with E-state index in [1.165, 1.54) is 6.07 Å². The third-order valence-electron chi connectivity index (χ3n) is 2.49. The smallest absolute Gasteiger partial charge is 0.273 e. The van der Waals surface area contributed by atoms with Crippen LogP contribution in [0.5, 0.6) is 5.75 Å². The van der Waals surface area contributed by atoms with Gasteiger partial charge >= 0.3 is 0 Å². The molecule has 0 aliphatic carbocycles. The first-order chi connectivity index (χ1) is 9.27. The van der Waals surface area contributed by atoms with Crippen molar-refractivity contribution in [2.75, 3.05) is 0 Å². The zero-order valence-corrected chi connectivity index (χ0v) is 10.2. The molecule has 0 aliphatic heterocycles. The number of para-hydroxylation sites is 1. The molecule has 19 heavy (non-hydrogen) atoms. The lowest BCUT2D eigenvalue weighted by Crippen LogP contribution is -2.33. The Balaban J connectivity index is 1.88. The van der Waals surface area contributed by atoms with E-state index >= 15 is 0 Å². The number of rotatable bonds is 4. The Morgan fingerprint density at radius 1 is 1.00 bits per heavy atom. The Morgan fingerprint density at radius 2 is 1.68 bits per heavy atom. The lowest BCUT2D eigenvalue weighted by atomic mass is 10.2. The average molecular weight is 254 g/mol. The van der Waals surface area contributed by atoms with Gasteiger partial charge in [-0.25, -0.2) is 0 Å². The number of nitrogens with one attached hydrogen (secondary N) is 2. The van der Waals surface area contributed by atoms with Crippen molar-refractivity contribution in [2.24, 2.45) is 0 Å². The first kappa shape index (κ1) is 12.7. The van der Waals surface area contributed by atoms with Gasteiger partial charge in [-0.3, -0.25) is 10.2 Å². The molecule has 0 saturated carbocycles. The lowest BCUT2D eigenvalue weighted by molar-refractivity contribution is 0.0938. The van der Waals surface area contributed by atoms with E-state index in [0.717, 1.165) is 5.56 Å². The van der Waals surface area contributed by atoms with Crippen molar-refractivity contribution in [2.45, 2.75) is 0 Å². The molecule has 96 valence electrons. The maximum absolute atomic E-state index is 11.7. The summed E-state index contributed by atoms with van der Waals surface area (Å²) in [7, 11) is 0. The molecule has 4 heteroatoms. The van der Waals surface area contributed by atoms with E-state index in [1.807, 2.05) is 36.4 Å². The van der Waals surface area contributed by atoms with E-state index in [9.17, 15) is 9.90 Å². The summed E-state index contributed by atoms with van der Waals surface area (Å²) in [5.41, 5.74) is 6.39. The number of phenols is 1. The van der Waals surface area contributed by atoms with Crippen molar-refractivity contribution in [1.29, 1.82) is 0 Å². The highest BCUT2D eigenvalue weighted by molar-refractivity contribution is 5.96. The Labute approximate surface area is 111 Å². The normalized spacial score (nSPS) is 10.3. The van der Waals surface area contributed by atoms with E-state index in [-0.39, 0.29) is 11.3 Å². The third-order valence-corrected chi connectivity index (χ3v) is 2.49. The number of carbonyl (C=O) groups excluding carboxylic acids is 1. The minimum atomic E-state index is -0.393. The molecule has 0 bridgehead atoms. The SMILES string of the molecule is O=C(NNC=Cc1ccccc1)c1ccccc1O. The van der Waals surface area contributed by atoms with Crippen molar-refractivity contribution in [3.63, 3.8) is 0 Å². The molecule has 0 spiro atoms. The molecule has 2 aromatic rings. The van der Waals surface area contributed by atoms with Crippen molar-refractivity contribution < 1.29 is 9.90 Å². The molecule has 2 aromatic carbocycles. The number of hydrogen-bond acceptors (Lipinski definition) is 3. The molecule has 0 fully saturated rings. The Hall–Kier alpha value is -2.75. The largest absolute Gasteiger partial charge is 0.507 e. The van der Waals surface area contributed by atoms with Crippen LogP contribution in [-0.2, 0) is 0 Å². The fraction of sp³-hybridized carbons (Fsp3) is 0. The van der Waals surface area contributed by atoms with Crippen molar-refractivity contribution >= 4 is 12.0 Å². The highest BCUT2D eigenvalue weighted by Crippen LogP contribution is 2.14. The van der Waals surface area contributed by atoms with Gasteiger partial charge < -0.3 is 10.5 Å². The Bertz CT molecular complexity index is 580. The van der Waals surface area contributed by atoms with Gasteiger partial charge in [0.05, 0.1) is 5.56 Å². The summed E-state index contributed by atoms with van der Waals surface area (Å²) in [5, 5.41) is 9.51. The van der Waals surface area contributed by atoms with Crippen molar-refractivity contribution in [1.82, 2.24) is 10.9 Å². The highest BCUT2D eigenvalue weighted by atomic mass is 16.3. The predicted octanol–water partition coefficient (Wildman–Crippen LogP) is 2.30. The molecular formula is C15H14N2O2. The van der Waals surface area contributed by atoms with Crippen LogP contribution >= 0.6 is 0 Å². The summed E-state index contributed by atoms with van der Waals surface area (Å²) < 4.78 is 0. The fourth-order valence-corrected chi connectivity index (χ4v) is 1.54. The second-order valence-electron chi connectivity index (χ2n) is 3.86. The highest BCUT2D eigenvalue weighted by Gasteiger charge is 2.08. The number of hydrazine groups is 1. The van der Waals surface area contributed by atoms with Gasteiger partial charge in [0.2, 0.25) is 0 Å². The van der Waals surface area contributed by atoms with E-state index < -0.39 is 5.91 Å². The monoisotopic (exact) mass is 254 g/mol. The third kappa shape index (κ3) is 3.61. The van der Waals surface area contributed by atoms with E-state index in [4.69, 9.17) is 0 Å². The molecule has 2 rings (SSSR count). The molecule has 1 amide bonds. The first-order valence-electron chi connectivity index (χ1n) is 5.83. The molecule has 0 unspecified atom stereocenters. The lowest BCUT2D eigenvalue weighted by Gasteiger charge is -2.05. The van der Waals surface area contributed by atoms with Gasteiger partial charge in [0, 0.05) is 6.20 Å². The number of phenolic OH excluding ortho intramolecular Hbond substituents is 1. The number of amides is 1. The number of carbonyl (C=O) groups is 1. The number of aromatic hydroxyl groups is 1. The average Bonchev–Trinajstić information content (AvgIpc) is 2.45. The van der Waals surface area contributed by atoms with Crippen LogP contribution in [0.25, 0.3) is 6.08 Å². The summed E-state index contributed by atoms with van der Waals surface area (Å²) >= 11 is 0. The van der Waals surface area contributed by atoms with Gasteiger partial charge in [-0.15, -0.1) is 0 Å². The van der Waals surface area contributed by atoms with E-state index in [2.05, 4.69) is 10.9 Å². The summed E-state index contributed by atoms with van der Waals surface area (Å²) in [5.74, 6) is -0.440. The maximum atomic E-state index is 11.7. The number of benzene rings is 2. The second kappa shape index (κ2) is 6.26. The Kier molecular flexibility index (Phi) is 4.18. The fourth-order valence-electron chi connectivity index (χ4n) is 1.54. The van der Waals surface area contributed by atoms with Crippen LogP contribution < -0.4 is 10.9 Å². The summed E-state index contributed by atoms with van der Waals surface area (Å²) in [6.07, 6.45) is 3.44. The molecule has 0 aliphatic rings. The molecular weight excluding hydrogens is 240 g/mol. The first-order valence-corrected chi connectivity index (χ1v) is 5.83. The Morgan fingerprint density at radius 3 is 2.42 bits per heavy atom. The molecule has 4 nitrogen and oxygen atoms in total. The summed E-state index contributed by atoms with van der Waals surface area (Å²) in [4.78, 5) is 11.7. The van der Waals surface area contributed by atoms with Crippen LogP contribution in [0.2, 0.25) is 0 Å². The van der Waals surface area contributed by atoms with Crippen LogP contribution in [0.3, 0.4) is 0 Å². The van der Waals surface area contributed by atoms with E-state index in [0.29, 0.717) is 0 Å². The molecule has 0 saturated heterocycles. The molecule has 0 atom stereocenters. The summed E-state index contributed by atoms with van der Waals surface area (Å²) in [6.45, 7) is 0. The van der Waals surface area contributed by atoms with Gasteiger partial charge in [0.25, 0.3) is 5.91 Å². The maximum Gasteiger partial charge on any atom is 0.273 e. The van der Waals surface area contributed by atoms with Crippen molar-refractivity contribution in [3.8, 4) is 5.75 Å². The number of hydrogen-bond donors (Lipinski definition) is 3. The molecule has 0 heterocycles. The second-order valence-corrected chi connectivity index (χ2v) is 3.86. The minimum Gasteiger partial charge on any atom is -0.507 e. The minimum absolute atomic E-state index is 0.0474. The van der Waals surface area contributed by atoms with Gasteiger partial charge in [-0.2, -0.15) is 0 Å². The molecule has 0 aromatic heterocycles. The van der Waals surface area contributed by atoms with E-state index in [1.54, 1.807) is 24.4 Å². The quantitative estimate of drug-likeness (QED) is 0.734. The van der Waals surface area contributed by atoms with Crippen LogP contribution in [0.1, 0.15) is 15.9 Å². The van der Waals surface area contributed by atoms with Gasteiger partial charge in [-0.05, 0) is 23.8 Å². The summed E-state index contributed by atoms with van der Waals surface area (Å²) in [6, 6.07) is 16.1. The zero-order valence-electron chi connectivity index (χ0n) is 10.2. The molecule has 3 N–H and O–H groups in total. The zero-order chi connectivity index (χ0) is 13.5. The van der Waals surface area contributed by atoms with Crippen molar-refractivity contribution in [3.05, 3.63) is 71.9 Å². The molecule has 0 radical (unpaired) electrons. The van der Waals surface area contributed by atoms with Crippen LogP contribution in [0.4, 0.5) is 0 Å². The topological polar surface area (TPSA) is 61.4 Å².